The minimum atomic E-state index is -4.72. The lowest BCUT2D eigenvalue weighted by Crippen LogP contribution is -2.09. The van der Waals surface area contributed by atoms with Gasteiger partial charge < -0.3 is 0 Å². The van der Waals surface area contributed by atoms with E-state index in [9.17, 15) is 22.0 Å². The van der Waals surface area contributed by atoms with Gasteiger partial charge in [0.25, 0.3) is 0 Å². The SMILES string of the molecule is Fc1ccc(CCc2ccc(F)c(C(F)(F)F)c2)cc1Cl. The van der Waals surface area contributed by atoms with Crippen LogP contribution in [0.25, 0.3) is 0 Å². The molecule has 0 unspecified atom stereocenters. The summed E-state index contributed by atoms with van der Waals surface area (Å²) in [5.74, 6) is -1.85. The molecular weight excluding hydrogens is 311 g/mol. The van der Waals surface area contributed by atoms with E-state index in [1.54, 1.807) is 0 Å². The topological polar surface area (TPSA) is 0 Å². The summed E-state index contributed by atoms with van der Waals surface area (Å²) < 4.78 is 63.9. The molecule has 0 fully saturated rings. The Morgan fingerprint density at radius 3 is 1.86 bits per heavy atom. The van der Waals surface area contributed by atoms with E-state index < -0.39 is 23.4 Å². The Balaban J connectivity index is 2.15. The average molecular weight is 321 g/mol. The maximum atomic E-state index is 13.1. The van der Waals surface area contributed by atoms with Crippen LogP contribution in [0.3, 0.4) is 0 Å². The van der Waals surface area contributed by atoms with Crippen LogP contribution >= 0.6 is 11.6 Å². The Morgan fingerprint density at radius 2 is 1.33 bits per heavy atom. The Kier molecular flexibility index (Phi) is 4.52. The van der Waals surface area contributed by atoms with Crippen LogP contribution in [0.5, 0.6) is 0 Å². The third-order valence-electron chi connectivity index (χ3n) is 3.02. The van der Waals surface area contributed by atoms with Crippen LogP contribution in [0, 0.1) is 11.6 Å². The van der Waals surface area contributed by atoms with E-state index in [1.807, 2.05) is 0 Å². The molecular formula is C15H10ClF5. The number of hydrogen-bond donors (Lipinski definition) is 0. The molecule has 0 aliphatic carbocycles. The Morgan fingerprint density at radius 1 is 0.810 bits per heavy atom. The average Bonchev–Trinajstić information content (AvgIpc) is 2.40. The van der Waals surface area contributed by atoms with Gasteiger partial charge in [-0.15, -0.1) is 0 Å². The van der Waals surface area contributed by atoms with E-state index in [2.05, 4.69) is 0 Å². The molecule has 0 bridgehead atoms. The molecule has 0 radical (unpaired) electrons. The van der Waals surface area contributed by atoms with E-state index in [4.69, 9.17) is 11.6 Å². The van der Waals surface area contributed by atoms with Crippen molar-refractivity contribution in [3.63, 3.8) is 0 Å². The highest BCUT2D eigenvalue weighted by Gasteiger charge is 2.34. The Labute approximate surface area is 123 Å². The molecule has 0 nitrogen and oxygen atoms in total. The number of benzene rings is 2. The maximum Gasteiger partial charge on any atom is 0.419 e. The summed E-state index contributed by atoms with van der Waals surface area (Å²) in [7, 11) is 0. The lowest BCUT2D eigenvalue weighted by molar-refractivity contribution is -0.140. The van der Waals surface area contributed by atoms with E-state index in [-0.39, 0.29) is 11.4 Å². The maximum absolute atomic E-state index is 13.1. The largest absolute Gasteiger partial charge is 0.419 e. The molecule has 0 aromatic heterocycles. The summed E-state index contributed by atoms with van der Waals surface area (Å²) in [6, 6.07) is 7.02. The van der Waals surface area contributed by atoms with Crippen LogP contribution in [0.15, 0.2) is 36.4 Å². The smallest absolute Gasteiger partial charge is 0.206 e. The number of aryl methyl sites for hydroxylation is 2. The van der Waals surface area contributed by atoms with Gasteiger partial charge in [-0.1, -0.05) is 23.7 Å². The van der Waals surface area contributed by atoms with Gasteiger partial charge in [0.05, 0.1) is 10.6 Å². The van der Waals surface area contributed by atoms with Gasteiger partial charge in [-0.25, -0.2) is 8.78 Å². The van der Waals surface area contributed by atoms with Gasteiger partial charge in [-0.05, 0) is 48.2 Å². The monoisotopic (exact) mass is 320 g/mol. The zero-order valence-corrected chi connectivity index (χ0v) is 11.4. The zero-order chi connectivity index (χ0) is 15.6. The Hall–Kier alpha value is -1.62. The van der Waals surface area contributed by atoms with Gasteiger partial charge in [0.1, 0.15) is 11.6 Å². The van der Waals surface area contributed by atoms with E-state index >= 15 is 0 Å². The highest BCUT2D eigenvalue weighted by molar-refractivity contribution is 6.30. The normalized spacial score (nSPS) is 11.7. The molecule has 0 aliphatic rings. The van der Waals surface area contributed by atoms with Crippen molar-refractivity contribution in [2.24, 2.45) is 0 Å². The first-order chi connectivity index (χ1) is 9.77. The summed E-state index contributed by atoms with van der Waals surface area (Å²) in [5, 5.41) is -0.0393. The van der Waals surface area contributed by atoms with Gasteiger partial charge >= 0.3 is 6.18 Å². The van der Waals surface area contributed by atoms with Gasteiger partial charge in [0.2, 0.25) is 0 Å². The third kappa shape index (κ3) is 3.94. The van der Waals surface area contributed by atoms with Crippen LogP contribution in [0.4, 0.5) is 22.0 Å². The summed E-state index contributed by atoms with van der Waals surface area (Å²) in [5.41, 5.74) is -0.236. The van der Waals surface area contributed by atoms with Crippen molar-refractivity contribution < 1.29 is 22.0 Å². The summed E-state index contributed by atoms with van der Waals surface area (Å²) >= 11 is 5.63. The highest BCUT2D eigenvalue weighted by atomic mass is 35.5. The second-order valence-corrected chi connectivity index (χ2v) is 4.97. The van der Waals surface area contributed by atoms with Crippen molar-refractivity contribution in [3.8, 4) is 0 Å². The van der Waals surface area contributed by atoms with Gasteiger partial charge in [-0.3, -0.25) is 0 Å². The summed E-state index contributed by atoms with van der Waals surface area (Å²) in [6.45, 7) is 0. The quantitative estimate of drug-likeness (QED) is 0.662. The Bertz CT molecular complexity index is 649. The van der Waals surface area contributed by atoms with Crippen LogP contribution in [-0.2, 0) is 19.0 Å². The molecule has 112 valence electrons. The molecule has 2 aromatic rings. The second kappa shape index (κ2) is 6.02. The highest BCUT2D eigenvalue weighted by Crippen LogP contribution is 2.32. The molecule has 6 heteroatoms. The molecule has 2 rings (SSSR count). The fourth-order valence-corrected chi connectivity index (χ4v) is 2.13. The lowest BCUT2D eigenvalue weighted by Gasteiger charge is -2.10. The van der Waals surface area contributed by atoms with Gasteiger partial charge in [-0.2, -0.15) is 13.2 Å². The summed E-state index contributed by atoms with van der Waals surface area (Å²) in [4.78, 5) is 0. The number of rotatable bonds is 3. The molecule has 0 aliphatic heterocycles. The van der Waals surface area contributed by atoms with Gasteiger partial charge in [0.15, 0.2) is 0 Å². The minimum Gasteiger partial charge on any atom is -0.206 e. The van der Waals surface area contributed by atoms with E-state index in [0.29, 0.717) is 17.5 Å². The number of alkyl halides is 3. The molecule has 0 heterocycles. The number of hydrogen-bond acceptors (Lipinski definition) is 0. The van der Waals surface area contributed by atoms with Crippen molar-refractivity contribution in [1.29, 1.82) is 0 Å². The van der Waals surface area contributed by atoms with E-state index in [1.165, 1.54) is 24.3 Å². The van der Waals surface area contributed by atoms with Crippen LogP contribution in [0.2, 0.25) is 5.02 Å². The standard InChI is InChI=1S/C15H10ClF5/c16-12-8-10(4-6-14(12)18)2-1-9-3-5-13(17)11(7-9)15(19,20)21/h3-8H,1-2H2. The van der Waals surface area contributed by atoms with Crippen molar-refractivity contribution in [2.75, 3.05) is 0 Å². The molecule has 0 amide bonds. The minimum absolute atomic E-state index is 0.0393. The molecule has 0 N–H and O–H groups in total. The van der Waals surface area contributed by atoms with Crippen molar-refractivity contribution in [3.05, 3.63) is 69.7 Å². The van der Waals surface area contributed by atoms with Crippen molar-refractivity contribution in [2.45, 2.75) is 19.0 Å². The predicted molar refractivity (Wildman–Crippen MR) is 70.2 cm³/mol. The van der Waals surface area contributed by atoms with Crippen LogP contribution in [0.1, 0.15) is 16.7 Å². The third-order valence-corrected chi connectivity index (χ3v) is 3.31. The van der Waals surface area contributed by atoms with Crippen LogP contribution in [-0.4, -0.2) is 0 Å². The molecule has 21 heavy (non-hydrogen) atoms. The lowest BCUT2D eigenvalue weighted by atomic mass is 10.0. The fraction of sp³-hybridized carbons (Fsp3) is 0.200. The molecule has 0 saturated heterocycles. The first-order valence-corrected chi connectivity index (χ1v) is 6.45. The van der Waals surface area contributed by atoms with Crippen molar-refractivity contribution in [1.82, 2.24) is 0 Å². The summed E-state index contributed by atoms with van der Waals surface area (Å²) in [6.07, 6.45) is -4.08. The first-order valence-electron chi connectivity index (χ1n) is 6.07. The van der Waals surface area contributed by atoms with E-state index in [0.717, 1.165) is 12.1 Å². The second-order valence-electron chi connectivity index (χ2n) is 4.56. The molecule has 0 spiro atoms. The predicted octanol–water partition coefficient (Wildman–Crippen LogP) is 5.42. The fourth-order valence-electron chi connectivity index (χ4n) is 1.93. The van der Waals surface area contributed by atoms with Crippen molar-refractivity contribution >= 4 is 11.6 Å². The van der Waals surface area contributed by atoms with Gasteiger partial charge in [0, 0.05) is 0 Å². The first kappa shape index (κ1) is 15.8. The molecule has 2 aromatic carbocycles. The molecule has 0 atom stereocenters. The number of halogens is 6. The molecule has 0 saturated carbocycles. The zero-order valence-electron chi connectivity index (χ0n) is 10.6. The van der Waals surface area contributed by atoms with Crippen LogP contribution < -0.4 is 0 Å².